The highest BCUT2D eigenvalue weighted by atomic mass is 35.5. The molecule has 2 N–H and O–H groups in total. The number of carbonyl (C=O) groups excluding carboxylic acids is 2. The van der Waals surface area contributed by atoms with Crippen molar-refractivity contribution in [3.8, 4) is 0 Å². The van der Waals surface area contributed by atoms with Crippen LogP contribution in [0.1, 0.15) is 40.0 Å². The molecule has 0 spiro atoms. The Morgan fingerprint density at radius 3 is 2.42 bits per heavy atom. The predicted octanol–water partition coefficient (Wildman–Crippen LogP) is 1.18. The molecule has 1 aliphatic heterocycles. The first-order valence-electron chi connectivity index (χ1n) is 7.89. The van der Waals surface area contributed by atoms with Gasteiger partial charge in [-0.15, -0.1) is 12.4 Å². The summed E-state index contributed by atoms with van der Waals surface area (Å²) in [7, 11) is -1.67. The maximum absolute atomic E-state index is 13.2. The number of nitrogens with two attached hydrogens (primary N) is 1. The first-order valence-corrected chi connectivity index (χ1v) is 9.33. The van der Waals surface area contributed by atoms with Crippen molar-refractivity contribution in [1.29, 1.82) is 0 Å². The number of nitrogens with zero attached hydrogens (tertiary/aromatic N) is 1. The molecular weight excluding hydrogens is 384 g/mol. The zero-order valence-corrected chi connectivity index (χ0v) is 16.3. The fourth-order valence-electron chi connectivity index (χ4n) is 2.91. The van der Waals surface area contributed by atoms with Gasteiger partial charge in [0.1, 0.15) is 0 Å². The van der Waals surface area contributed by atoms with Crippen molar-refractivity contribution in [1.82, 2.24) is 4.31 Å². The molecule has 0 radical (unpaired) electrons. The Hall–Kier alpha value is -1.68. The fourth-order valence-corrected chi connectivity index (χ4v) is 4.82. The van der Waals surface area contributed by atoms with Crippen molar-refractivity contribution < 1.29 is 27.5 Å². The number of piperidine rings is 1. The smallest absolute Gasteiger partial charge is 0.339 e. The van der Waals surface area contributed by atoms with Crippen molar-refractivity contribution in [3.63, 3.8) is 0 Å². The topological polar surface area (TPSA) is 116 Å². The number of hydrogen-bond acceptors (Lipinski definition) is 7. The minimum atomic E-state index is -4.03. The highest BCUT2D eigenvalue weighted by molar-refractivity contribution is 7.89. The van der Waals surface area contributed by atoms with Crippen LogP contribution in [0.15, 0.2) is 23.1 Å². The average molecular weight is 407 g/mol. The van der Waals surface area contributed by atoms with E-state index >= 15 is 0 Å². The lowest BCUT2D eigenvalue weighted by Crippen LogP contribution is -2.47. The van der Waals surface area contributed by atoms with E-state index in [4.69, 9.17) is 5.73 Å². The number of carbonyl (C=O) groups is 2. The Labute approximate surface area is 159 Å². The zero-order valence-electron chi connectivity index (χ0n) is 14.6. The molecule has 0 aliphatic carbocycles. The Morgan fingerprint density at radius 1 is 1.19 bits per heavy atom. The Morgan fingerprint density at radius 2 is 1.85 bits per heavy atom. The second-order valence-electron chi connectivity index (χ2n) is 5.70. The molecule has 0 amide bonds. The van der Waals surface area contributed by atoms with E-state index in [9.17, 15) is 18.0 Å². The zero-order chi connectivity index (χ0) is 18.6. The molecule has 146 valence electrons. The Kier molecular flexibility index (Phi) is 8.01. The van der Waals surface area contributed by atoms with Gasteiger partial charge < -0.3 is 15.2 Å². The van der Waals surface area contributed by atoms with Crippen LogP contribution in [0.25, 0.3) is 0 Å². The number of methoxy groups -OCH3 is 2. The summed E-state index contributed by atoms with van der Waals surface area (Å²) >= 11 is 0. The molecule has 0 aromatic heterocycles. The first kappa shape index (κ1) is 22.4. The van der Waals surface area contributed by atoms with E-state index in [0.29, 0.717) is 19.4 Å². The van der Waals surface area contributed by atoms with E-state index in [1.165, 1.54) is 23.5 Å². The molecule has 1 saturated heterocycles. The molecule has 8 nitrogen and oxygen atoms in total. The van der Waals surface area contributed by atoms with Crippen molar-refractivity contribution in [2.24, 2.45) is 5.73 Å². The summed E-state index contributed by atoms with van der Waals surface area (Å²) in [6.45, 7) is 0.497. The fraction of sp³-hybridized carbons (Fsp3) is 0.500. The summed E-state index contributed by atoms with van der Waals surface area (Å²) in [6, 6.07) is 3.39. The molecule has 1 unspecified atom stereocenters. The van der Waals surface area contributed by atoms with Crippen molar-refractivity contribution in [3.05, 3.63) is 29.3 Å². The summed E-state index contributed by atoms with van der Waals surface area (Å²) in [5, 5.41) is 0. The van der Waals surface area contributed by atoms with Crippen LogP contribution in [0.5, 0.6) is 0 Å². The molecule has 1 aromatic rings. The number of rotatable bonds is 5. The summed E-state index contributed by atoms with van der Waals surface area (Å²) in [5.74, 6) is -1.49. The third-order valence-corrected chi connectivity index (χ3v) is 6.23. The first-order chi connectivity index (χ1) is 11.9. The van der Waals surface area contributed by atoms with E-state index in [0.717, 1.165) is 19.6 Å². The number of halogens is 1. The van der Waals surface area contributed by atoms with Crippen molar-refractivity contribution in [2.45, 2.75) is 30.2 Å². The third kappa shape index (κ3) is 4.35. The summed E-state index contributed by atoms with van der Waals surface area (Å²) in [6.07, 6.45) is 2.25. The second kappa shape index (κ2) is 9.31. The maximum Gasteiger partial charge on any atom is 0.339 e. The van der Waals surface area contributed by atoms with Gasteiger partial charge in [-0.1, -0.05) is 6.42 Å². The summed E-state index contributed by atoms with van der Waals surface area (Å²) in [4.78, 5) is 23.5. The van der Waals surface area contributed by atoms with Crippen LogP contribution in [-0.2, 0) is 19.5 Å². The number of ether oxygens (including phenoxy) is 2. The van der Waals surface area contributed by atoms with Crippen LogP contribution in [0.2, 0.25) is 0 Å². The van der Waals surface area contributed by atoms with E-state index in [2.05, 4.69) is 9.47 Å². The molecule has 26 heavy (non-hydrogen) atoms. The van der Waals surface area contributed by atoms with Crippen molar-refractivity contribution >= 4 is 34.4 Å². The van der Waals surface area contributed by atoms with Crippen LogP contribution in [0.4, 0.5) is 0 Å². The van der Waals surface area contributed by atoms with Gasteiger partial charge in [-0.05, 0) is 31.0 Å². The van der Waals surface area contributed by atoms with Gasteiger partial charge in [-0.3, -0.25) is 0 Å². The highest BCUT2D eigenvalue weighted by Crippen LogP contribution is 2.28. The number of benzene rings is 1. The monoisotopic (exact) mass is 406 g/mol. The standard InChI is InChI=1S/C16H22N2O6S.ClH/c1-23-15(19)11-6-7-13(16(20)24-2)14(9-11)25(21,22)18-8-4-3-5-12(18)10-17;/h6-7,9,12H,3-5,8,10,17H2,1-2H3;1H. The Balaban J connectivity index is 0.00000338. The summed E-state index contributed by atoms with van der Waals surface area (Å²) < 4.78 is 37.0. The normalized spacial score (nSPS) is 17.9. The van der Waals surface area contributed by atoms with Crippen molar-refractivity contribution in [2.75, 3.05) is 27.3 Å². The van der Waals surface area contributed by atoms with E-state index < -0.39 is 22.0 Å². The van der Waals surface area contributed by atoms with Gasteiger partial charge >= 0.3 is 11.9 Å². The van der Waals surface area contributed by atoms with Gasteiger partial charge in [0.15, 0.2) is 0 Å². The maximum atomic E-state index is 13.2. The van der Waals surface area contributed by atoms with Gasteiger partial charge in [-0.2, -0.15) is 4.31 Å². The minimum absolute atomic E-state index is 0. The molecule has 1 heterocycles. The third-order valence-electron chi connectivity index (χ3n) is 4.24. The predicted molar refractivity (Wildman–Crippen MR) is 97.0 cm³/mol. The number of hydrogen-bond donors (Lipinski definition) is 1. The quantitative estimate of drug-likeness (QED) is 0.730. The Bertz CT molecular complexity index is 768. The molecule has 1 fully saturated rings. The van der Waals surface area contributed by atoms with Gasteiger partial charge in [0, 0.05) is 19.1 Å². The molecule has 1 atom stereocenters. The molecule has 1 aliphatic rings. The van der Waals surface area contributed by atoms with Gasteiger partial charge in [-0.25, -0.2) is 18.0 Å². The van der Waals surface area contributed by atoms with Gasteiger partial charge in [0.25, 0.3) is 0 Å². The van der Waals surface area contributed by atoms with Crippen LogP contribution in [0.3, 0.4) is 0 Å². The molecular formula is C16H23ClN2O6S. The second-order valence-corrected chi connectivity index (χ2v) is 7.55. The van der Waals surface area contributed by atoms with Crippen LogP contribution >= 0.6 is 12.4 Å². The molecule has 1 aromatic carbocycles. The van der Waals surface area contributed by atoms with E-state index in [-0.39, 0.29) is 41.0 Å². The largest absolute Gasteiger partial charge is 0.465 e. The lowest BCUT2D eigenvalue weighted by molar-refractivity contribution is 0.0583. The summed E-state index contributed by atoms with van der Waals surface area (Å²) in [5.41, 5.74) is 5.63. The van der Waals surface area contributed by atoms with Gasteiger partial charge in [0.2, 0.25) is 10.0 Å². The van der Waals surface area contributed by atoms with E-state index in [1.807, 2.05) is 0 Å². The molecule has 0 bridgehead atoms. The SMILES string of the molecule is COC(=O)c1ccc(C(=O)OC)c(S(=O)(=O)N2CCCCC2CN)c1.Cl. The minimum Gasteiger partial charge on any atom is -0.465 e. The van der Waals surface area contributed by atoms with Gasteiger partial charge in [0.05, 0.1) is 30.2 Å². The van der Waals surface area contributed by atoms with Crippen LogP contribution in [-0.4, -0.2) is 58.0 Å². The molecule has 10 heteroatoms. The highest BCUT2D eigenvalue weighted by Gasteiger charge is 2.36. The number of sulfonamides is 1. The van der Waals surface area contributed by atoms with Crippen LogP contribution in [0, 0.1) is 0 Å². The molecule has 2 rings (SSSR count). The lowest BCUT2D eigenvalue weighted by Gasteiger charge is -2.34. The van der Waals surface area contributed by atoms with Crippen LogP contribution < -0.4 is 5.73 Å². The number of esters is 2. The van der Waals surface area contributed by atoms with E-state index in [1.54, 1.807) is 0 Å². The molecule has 0 saturated carbocycles. The lowest BCUT2D eigenvalue weighted by atomic mass is 10.1. The average Bonchev–Trinajstić information content (AvgIpc) is 2.66.